The van der Waals surface area contributed by atoms with Crippen molar-refractivity contribution in [1.29, 1.82) is 0 Å². The van der Waals surface area contributed by atoms with Gasteiger partial charge in [0.25, 0.3) is 0 Å². The highest BCUT2D eigenvalue weighted by atomic mass is 35.5. The number of aromatic amines is 1. The van der Waals surface area contributed by atoms with E-state index in [1.165, 1.54) is 9.36 Å². The van der Waals surface area contributed by atoms with Crippen LogP contribution in [0, 0.1) is 4.64 Å². The maximum Gasteiger partial charge on any atom is 0.328 e. The van der Waals surface area contributed by atoms with Gasteiger partial charge in [0.2, 0.25) is 0 Å². The molecule has 20 heavy (non-hydrogen) atoms. The Morgan fingerprint density at radius 1 is 1.25 bits per heavy atom. The van der Waals surface area contributed by atoms with Crippen LogP contribution in [0.4, 0.5) is 0 Å². The first kappa shape index (κ1) is 13.3. The van der Waals surface area contributed by atoms with E-state index in [0.29, 0.717) is 26.9 Å². The summed E-state index contributed by atoms with van der Waals surface area (Å²) >= 11 is 17.3. The van der Waals surface area contributed by atoms with Gasteiger partial charge in [0.05, 0.1) is 10.0 Å². The predicted molar refractivity (Wildman–Crippen MR) is 79.3 cm³/mol. The zero-order valence-corrected chi connectivity index (χ0v) is 12.4. The highest BCUT2D eigenvalue weighted by molar-refractivity contribution is 7.71. The van der Waals surface area contributed by atoms with Crippen molar-refractivity contribution in [1.82, 2.24) is 24.5 Å². The number of aromatic nitrogens is 5. The molecule has 1 N–H and O–H groups in total. The fourth-order valence-corrected chi connectivity index (χ4v) is 2.56. The summed E-state index contributed by atoms with van der Waals surface area (Å²) in [6.45, 7) is 0. The van der Waals surface area contributed by atoms with Crippen LogP contribution in [0.3, 0.4) is 0 Å². The van der Waals surface area contributed by atoms with E-state index in [-0.39, 0.29) is 10.3 Å². The van der Waals surface area contributed by atoms with Gasteiger partial charge in [0, 0.05) is 7.05 Å². The van der Waals surface area contributed by atoms with Crippen LogP contribution < -0.4 is 5.69 Å². The lowest BCUT2D eigenvalue weighted by Crippen LogP contribution is -2.20. The minimum Gasteiger partial charge on any atom is -0.296 e. The second kappa shape index (κ2) is 4.69. The van der Waals surface area contributed by atoms with E-state index < -0.39 is 0 Å². The lowest BCUT2D eigenvalue weighted by molar-refractivity contribution is 0.751. The minimum atomic E-state index is -0.361. The van der Waals surface area contributed by atoms with E-state index in [9.17, 15) is 4.79 Å². The van der Waals surface area contributed by atoms with Crippen LogP contribution in [-0.4, -0.2) is 24.5 Å². The van der Waals surface area contributed by atoms with Crippen molar-refractivity contribution in [2.45, 2.75) is 0 Å². The van der Waals surface area contributed by atoms with E-state index in [1.807, 2.05) is 0 Å². The normalized spacial score (nSPS) is 11.2. The average molecular weight is 328 g/mol. The number of rotatable bonds is 1. The number of halogens is 2. The number of benzene rings is 1. The molecule has 0 radical (unpaired) electrons. The molecular weight excluding hydrogens is 321 g/mol. The van der Waals surface area contributed by atoms with Gasteiger partial charge in [-0.2, -0.15) is 0 Å². The Labute approximate surface area is 127 Å². The van der Waals surface area contributed by atoms with Crippen molar-refractivity contribution < 1.29 is 0 Å². The van der Waals surface area contributed by atoms with Crippen molar-refractivity contribution in [2.24, 2.45) is 7.05 Å². The van der Waals surface area contributed by atoms with Crippen LogP contribution in [0.15, 0.2) is 23.0 Å². The minimum absolute atomic E-state index is 0.220. The summed E-state index contributed by atoms with van der Waals surface area (Å²) in [5, 5.41) is 9.29. The van der Waals surface area contributed by atoms with E-state index in [2.05, 4.69) is 15.2 Å². The molecule has 3 rings (SSSR count). The molecule has 0 amide bonds. The Kier molecular flexibility index (Phi) is 3.12. The first-order valence-electron chi connectivity index (χ1n) is 5.50. The maximum atomic E-state index is 11.6. The smallest absolute Gasteiger partial charge is 0.296 e. The van der Waals surface area contributed by atoms with Crippen molar-refractivity contribution in [3.05, 3.63) is 43.4 Å². The quantitative estimate of drug-likeness (QED) is 0.697. The van der Waals surface area contributed by atoms with Gasteiger partial charge in [-0.15, -0.1) is 15.0 Å². The third-order valence-corrected chi connectivity index (χ3v) is 3.70. The number of aryl methyl sites for hydroxylation is 1. The Bertz CT molecular complexity index is 922. The van der Waals surface area contributed by atoms with Crippen LogP contribution in [0.1, 0.15) is 0 Å². The Morgan fingerprint density at radius 3 is 2.55 bits per heavy atom. The highest BCUT2D eigenvalue weighted by Crippen LogP contribution is 2.27. The number of nitrogens with zero attached hydrogens (tertiary/aromatic N) is 4. The van der Waals surface area contributed by atoms with Crippen LogP contribution in [0.5, 0.6) is 0 Å². The Hall–Kier alpha value is -1.70. The molecule has 2 aromatic heterocycles. The molecule has 0 atom stereocenters. The second-order valence-electron chi connectivity index (χ2n) is 4.05. The molecular formula is C11H7Cl2N5OS. The molecule has 3 aromatic rings. The maximum absolute atomic E-state index is 11.6. The van der Waals surface area contributed by atoms with E-state index in [4.69, 9.17) is 35.4 Å². The number of hydrogen-bond acceptors (Lipinski definition) is 4. The van der Waals surface area contributed by atoms with Crippen LogP contribution in [-0.2, 0) is 7.05 Å². The largest absolute Gasteiger partial charge is 0.328 e. The van der Waals surface area contributed by atoms with Crippen LogP contribution in [0.25, 0.3) is 16.9 Å². The molecule has 1 aromatic carbocycles. The van der Waals surface area contributed by atoms with Crippen molar-refractivity contribution in [2.75, 3.05) is 0 Å². The topological polar surface area (TPSA) is 68.5 Å². The fourth-order valence-electron chi connectivity index (χ4n) is 1.79. The number of H-pyrrole nitrogens is 1. The third kappa shape index (κ3) is 1.94. The van der Waals surface area contributed by atoms with E-state index >= 15 is 0 Å². The van der Waals surface area contributed by atoms with E-state index in [1.54, 1.807) is 25.2 Å². The zero-order valence-electron chi connectivity index (χ0n) is 10.1. The van der Waals surface area contributed by atoms with Gasteiger partial charge in [0.15, 0.2) is 11.2 Å². The molecule has 0 unspecified atom stereocenters. The molecule has 0 bridgehead atoms. The summed E-state index contributed by atoms with van der Waals surface area (Å²) in [6, 6.07) is 5.08. The molecule has 0 fully saturated rings. The summed E-state index contributed by atoms with van der Waals surface area (Å²) in [5.74, 6) is 0. The van der Waals surface area contributed by atoms with Gasteiger partial charge in [-0.25, -0.2) is 4.79 Å². The standard InChI is InChI=1S/C11H7Cl2N5OS/c1-17-9-7(10(20)14-11(17)19)15-18(16-9)8-5(12)3-2-4-6(8)13/h2-4H,1H3,(H,14,19,20). The van der Waals surface area contributed by atoms with Gasteiger partial charge in [-0.05, 0) is 12.1 Å². The van der Waals surface area contributed by atoms with Gasteiger partial charge >= 0.3 is 5.69 Å². The van der Waals surface area contributed by atoms with Gasteiger partial charge < -0.3 is 0 Å². The summed E-state index contributed by atoms with van der Waals surface area (Å²) in [5.41, 5.74) is 0.835. The average Bonchev–Trinajstić information content (AvgIpc) is 2.81. The van der Waals surface area contributed by atoms with Crippen LogP contribution in [0.2, 0.25) is 10.0 Å². The molecule has 0 spiro atoms. The summed E-state index contributed by atoms with van der Waals surface area (Å²) in [6.07, 6.45) is 0. The first-order valence-corrected chi connectivity index (χ1v) is 6.66. The summed E-state index contributed by atoms with van der Waals surface area (Å²) in [4.78, 5) is 15.4. The SMILES string of the molecule is Cn1c(=O)[nH]c(=S)c2nn(-c3c(Cl)cccc3Cl)nc21. The molecule has 0 aliphatic rings. The molecule has 0 saturated heterocycles. The highest BCUT2D eigenvalue weighted by Gasteiger charge is 2.14. The molecule has 9 heteroatoms. The zero-order chi connectivity index (χ0) is 14.4. The van der Waals surface area contributed by atoms with Crippen LogP contribution >= 0.6 is 35.4 Å². The number of fused-ring (bicyclic) bond motifs is 1. The third-order valence-electron chi connectivity index (χ3n) is 2.79. The van der Waals surface area contributed by atoms with Gasteiger partial charge in [-0.3, -0.25) is 9.55 Å². The lowest BCUT2D eigenvalue weighted by Gasteiger charge is -2.03. The molecule has 2 heterocycles. The molecule has 0 aliphatic heterocycles. The monoisotopic (exact) mass is 327 g/mol. The predicted octanol–water partition coefficient (Wildman–Crippen LogP) is 2.48. The fraction of sp³-hybridized carbons (Fsp3) is 0.0909. The molecule has 0 aliphatic carbocycles. The number of para-hydroxylation sites is 1. The second-order valence-corrected chi connectivity index (χ2v) is 5.27. The number of nitrogens with one attached hydrogen (secondary N) is 1. The van der Waals surface area contributed by atoms with Crippen molar-refractivity contribution in [3.63, 3.8) is 0 Å². The Morgan fingerprint density at radius 2 is 1.90 bits per heavy atom. The number of hydrogen-bond donors (Lipinski definition) is 1. The summed E-state index contributed by atoms with van der Waals surface area (Å²) < 4.78 is 1.54. The summed E-state index contributed by atoms with van der Waals surface area (Å²) in [7, 11) is 1.57. The van der Waals surface area contributed by atoms with Crippen molar-refractivity contribution >= 4 is 46.6 Å². The van der Waals surface area contributed by atoms with Gasteiger partial charge in [0.1, 0.15) is 10.3 Å². The Balaban J connectivity index is 2.41. The molecule has 0 saturated carbocycles. The van der Waals surface area contributed by atoms with Gasteiger partial charge in [-0.1, -0.05) is 41.5 Å². The van der Waals surface area contributed by atoms with Crippen molar-refractivity contribution in [3.8, 4) is 5.69 Å². The van der Waals surface area contributed by atoms with E-state index in [0.717, 1.165) is 0 Å². The molecule has 102 valence electrons. The molecule has 6 nitrogen and oxygen atoms in total. The lowest BCUT2D eigenvalue weighted by atomic mass is 10.3. The first-order chi connectivity index (χ1) is 9.49.